The van der Waals surface area contributed by atoms with Gasteiger partial charge in [0.05, 0.1) is 0 Å². The van der Waals surface area contributed by atoms with Gasteiger partial charge in [-0.05, 0) is 30.5 Å². The summed E-state index contributed by atoms with van der Waals surface area (Å²) in [7, 11) is -3.40. The predicted octanol–water partition coefficient (Wildman–Crippen LogP) is 1.22. The second-order valence-electron chi connectivity index (χ2n) is 5.49. The number of fused-ring (bicyclic) bond motifs is 1. The van der Waals surface area contributed by atoms with Gasteiger partial charge in [0, 0.05) is 26.2 Å². The minimum atomic E-state index is -3.40. The topological polar surface area (TPSA) is 61.4 Å². The molecule has 0 spiro atoms. The third-order valence-corrected chi connectivity index (χ3v) is 5.58. The van der Waals surface area contributed by atoms with Crippen LogP contribution in [-0.2, 0) is 23.2 Å². The van der Waals surface area contributed by atoms with E-state index in [0.29, 0.717) is 19.6 Å². The fourth-order valence-corrected chi connectivity index (χ4v) is 3.97. The summed E-state index contributed by atoms with van der Waals surface area (Å²) in [6.45, 7) is 3.18. The zero-order valence-corrected chi connectivity index (χ0v) is 14.0. The number of halogens is 1. The van der Waals surface area contributed by atoms with E-state index in [1.807, 2.05) is 18.2 Å². The molecule has 0 saturated heterocycles. The Morgan fingerprint density at radius 3 is 2.68 bits per heavy atom. The summed E-state index contributed by atoms with van der Waals surface area (Å²) in [5, 5.41) is 3.22. The van der Waals surface area contributed by atoms with Crippen molar-refractivity contribution >= 4 is 22.6 Å². The molecule has 2 aliphatic heterocycles. The van der Waals surface area contributed by atoms with E-state index in [9.17, 15) is 8.42 Å². The van der Waals surface area contributed by atoms with Crippen molar-refractivity contribution in [3.63, 3.8) is 0 Å². The van der Waals surface area contributed by atoms with Gasteiger partial charge in [-0.1, -0.05) is 35.9 Å². The molecular formula is C15H22ClN3O2S. The lowest BCUT2D eigenvalue weighted by atomic mass is 10.0. The van der Waals surface area contributed by atoms with Crippen LogP contribution in [0.4, 0.5) is 0 Å². The largest absolute Gasteiger partial charge is 0.313 e. The van der Waals surface area contributed by atoms with Crippen LogP contribution in [0.1, 0.15) is 17.5 Å². The second-order valence-corrected chi connectivity index (χ2v) is 7.25. The van der Waals surface area contributed by atoms with Gasteiger partial charge in [0.25, 0.3) is 10.2 Å². The van der Waals surface area contributed by atoms with E-state index >= 15 is 0 Å². The molecule has 0 radical (unpaired) electrons. The van der Waals surface area contributed by atoms with Crippen molar-refractivity contribution in [3.05, 3.63) is 47.0 Å². The molecule has 2 aliphatic rings. The first-order chi connectivity index (χ1) is 10.1. The highest BCUT2D eigenvalue weighted by atomic mass is 35.5. The van der Waals surface area contributed by atoms with Crippen molar-refractivity contribution in [3.8, 4) is 0 Å². The van der Waals surface area contributed by atoms with E-state index in [1.54, 1.807) is 0 Å². The molecule has 2 heterocycles. The van der Waals surface area contributed by atoms with Gasteiger partial charge >= 0.3 is 0 Å². The highest BCUT2D eigenvalue weighted by molar-refractivity contribution is 7.87. The van der Waals surface area contributed by atoms with Crippen LogP contribution in [0.2, 0.25) is 0 Å². The van der Waals surface area contributed by atoms with Crippen molar-refractivity contribution in [1.29, 1.82) is 0 Å². The first-order valence-corrected chi connectivity index (χ1v) is 8.79. The summed E-state index contributed by atoms with van der Waals surface area (Å²) in [5.41, 5.74) is 3.52. The lowest BCUT2D eigenvalue weighted by Gasteiger charge is -2.28. The number of hydrogen-bond acceptors (Lipinski definition) is 3. The third-order valence-electron chi connectivity index (χ3n) is 4.08. The van der Waals surface area contributed by atoms with Gasteiger partial charge in [-0.3, -0.25) is 0 Å². The van der Waals surface area contributed by atoms with Gasteiger partial charge in [0.15, 0.2) is 0 Å². The molecule has 1 aromatic rings. The summed E-state index contributed by atoms with van der Waals surface area (Å²) >= 11 is 0. The number of nitrogens with one attached hydrogen (secondary N) is 2. The molecule has 0 fully saturated rings. The molecule has 0 bridgehead atoms. The predicted molar refractivity (Wildman–Crippen MR) is 90.3 cm³/mol. The van der Waals surface area contributed by atoms with Crippen molar-refractivity contribution < 1.29 is 8.42 Å². The zero-order valence-electron chi connectivity index (χ0n) is 12.4. The number of nitrogens with zero attached hydrogens (tertiary/aromatic N) is 1. The molecule has 0 saturated carbocycles. The van der Waals surface area contributed by atoms with Crippen LogP contribution in [0.3, 0.4) is 0 Å². The molecule has 5 nitrogen and oxygen atoms in total. The van der Waals surface area contributed by atoms with Gasteiger partial charge in [-0.15, -0.1) is 12.4 Å². The Bertz CT molecular complexity index is 646. The minimum absolute atomic E-state index is 0. The molecule has 0 aromatic heterocycles. The van der Waals surface area contributed by atoms with Gasteiger partial charge in [-0.2, -0.15) is 17.4 Å². The molecule has 2 N–H and O–H groups in total. The van der Waals surface area contributed by atoms with Crippen LogP contribution in [0.5, 0.6) is 0 Å². The summed E-state index contributed by atoms with van der Waals surface area (Å²) in [5.74, 6) is 0. The Balaban J connectivity index is 0.00000176. The summed E-state index contributed by atoms with van der Waals surface area (Å²) in [4.78, 5) is 0. The van der Waals surface area contributed by atoms with Crippen LogP contribution in [0.15, 0.2) is 35.9 Å². The molecule has 0 atom stereocenters. The first kappa shape index (κ1) is 17.4. The standard InChI is InChI=1S/C15H21N3O2S.ClH/c19-21(20,17-11-13-5-8-16-9-6-13)18-10-7-14-3-1-2-4-15(14)12-18;/h1-5,16-17H,6-12H2;1H. The van der Waals surface area contributed by atoms with E-state index in [2.05, 4.69) is 22.2 Å². The molecular weight excluding hydrogens is 322 g/mol. The third kappa shape index (κ3) is 4.08. The molecule has 122 valence electrons. The number of benzene rings is 1. The maximum absolute atomic E-state index is 12.4. The Hall–Kier alpha value is -0.920. The van der Waals surface area contributed by atoms with Crippen LogP contribution in [0, 0.1) is 0 Å². The van der Waals surface area contributed by atoms with Crippen molar-refractivity contribution in [2.75, 3.05) is 26.2 Å². The summed E-state index contributed by atoms with van der Waals surface area (Å²) in [6, 6.07) is 8.05. The van der Waals surface area contributed by atoms with Crippen molar-refractivity contribution in [2.45, 2.75) is 19.4 Å². The highest BCUT2D eigenvalue weighted by Crippen LogP contribution is 2.20. The summed E-state index contributed by atoms with van der Waals surface area (Å²) in [6.07, 6.45) is 3.76. The van der Waals surface area contributed by atoms with Gasteiger partial charge in [0.2, 0.25) is 0 Å². The van der Waals surface area contributed by atoms with Crippen LogP contribution in [-0.4, -0.2) is 38.9 Å². The zero-order chi connectivity index (χ0) is 14.7. The van der Waals surface area contributed by atoms with Crippen molar-refractivity contribution in [2.24, 2.45) is 0 Å². The minimum Gasteiger partial charge on any atom is -0.313 e. The van der Waals surface area contributed by atoms with Crippen LogP contribution >= 0.6 is 12.4 Å². The molecule has 0 aliphatic carbocycles. The Morgan fingerprint density at radius 2 is 1.95 bits per heavy atom. The lowest BCUT2D eigenvalue weighted by Crippen LogP contribution is -2.44. The Morgan fingerprint density at radius 1 is 1.18 bits per heavy atom. The fourth-order valence-electron chi connectivity index (χ4n) is 2.78. The fraction of sp³-hybridized carbons (Fsp3) is 0.467. The second kappa shape index (κ2) is 7.57. The Kier molecular flexibility index (Phi) is 6.00. The van der Waals surface area contributed by atoms with E-state index in [1.165, 1.54) is 9.87 Å². The van der Waals surface area contributed by atoms with Crippen LogP contribution in [0.25, 0.3) is 0 Å². The van der Waals surface area contributed by atoms with E-state index in [4.69, 9.17) is 0 Å². The van der Waals surface area contributed by atoms with E-state index in [-0.39, 0.29) is 12.4 Å². The van der Waals surface area contributed by atoms with Crippen molar-refractivity contribution in [1.82, 2.24) is 14.3 Å². The Labute approximate surface area is 138 Å². The number of rotatable bonds is 4. The molecule has 0 unspecified atom stereocenters. The van der Waals surface area contributed by atoms with Crippen LogP contribution < -0.4 is 10.0 Å². The molecule has 22 heavy (non-hydrogen) atoms. The molecule has 3 rings (SSSR count). The van der Waals surface area contributed by atoms with E-state index < -0.39 is 10.2 Å². The lowest BCUT2D eigenvalue weighted by molar-refractivity contribution is 0.385. The average molecular weight is 344 g/mol. The highest BCUT2D eigenvalue weighted by Gasteiger charge is 2.26. The average Bonchev–Trinajstić information content (AvgIpc) is 2.53. The molecule has 0 amide bonds. The monoisotopic (exact) mass is 343 g/mol. The summed E-state index contributed by atoms with van der Waals surface area (Å²) < 4.78 is 29.1. The normalized spacial score (nSPS) is 19.0. The van der Waals surface area contributed by atoms with Gasteiger partial charge in [0.1, 0.15) is 0 Å². The maximum Gasteiger partial charge on any atom is 0.280 e. The quantitative estimate of drug-likeness (QED) is 0.808. The van der Waals surface area contributed by atoms with Gasteiger partial charge < -0.3 is 5.32 Å². The van der Waals surface area contributed by atoms with E-state index in [0.717, 1.165) is 37.1 Å². The number of hydrogen-bond donors (Lipinski definition) is 2. The maximum atomic E-state index is 12.4. The molecule has 1 aromatic carbocycles. The molecule has 7 heteroatoms. The smallest absolute Gasteiger partial charge is 0.280 e. The SMILES string of the molecule is Cl.O=S(=O)(NCC1=CCNCC1)N1CCc2ccccc2C1. The first-order valence-electron chi connectivity index (χ1n) is 7.35. The van der Waals surface area contributed by atoms with Gasteiger partial charge in [-0.25, -0.2) is 0 Å².